The predicted octanol–water partition coefficient (Wildman–Crippen LogP) is 20.6. The van der Waals surface area contributed by atoms with Crippen LogP contribution in [0.3, 0.4) is 0 Å². The molecule has 6 nitrogen and oxygen atoms in total. The predicted molar refractivity (Wildman–Crippen MR) is 302 cm³/mol. The van der Waals surface area contributed by atoms with Gasteiger partial charge in [-0.3, -0.25) is 14.4 Å². The maximum absolute atomic E-state index is 12.8. The summed E-state index contributed by atoms with van der Waals surface area (Å²) >= 11 is 0. The van der Waals surface area contributed by atoms with E-state index in [0.29, 0.717) is 19.3 Å². The number of carbonyl (C=O) groups excluding carboxylic acids is 3. The maximum Gasteiger partial charge on any atom is 0.306 e. The monoisotopic (exact) mass is 981 g/mol. The maximum atomic E-state index is 12.8. The lowest BCUT2D eigenvalue weighted by atomic mass is 10.0. The largest absolute Gasteiger partial charge is 0.462 e. The average molecular weight is 982 g/mol. The van der Waals surface area contributed by atoms with E-state index in [9.17, 15) is 14.4 Å². The van der Waals surface area contributed by atoms with Crippen LogP contribution in [0.1, 0.15) is 323 Å². The lowest BCUT2D eigenvalue weighted by Gasteiger charge is -2.18. The molecule has 0 aliphatic carbocycles. The van der Waals surface area contributed by atoms with Crippen LogP contribution in [0.5, 0.6) is 0 Å². The zero-order valence-electron chi connectivity index (χ0n) is 46.8. The van der Waals surface area contributed by atoms with E-state index in [0.717, 1.165) is 77.0 Å². The summed E-state index contributed by atoms with van der Waals surface area (Å²) in [5, 5.41) is 0. The fourth-order valence-corrected chi connectivity index (χ4v) is 8.92. The quantitative estimate of drug-likeness (QED) is 0.0261. The highest BCUT2D eigenvalue weighted by Gasteiger charge is 2.19. The van der Waals surface area contributed by atoms with Gasteiger partial charge >= 0.3 is 17.9 Å². The molecule has 0 saturated carbocycles. The summed E-state index contributed by atoms with van der Waals surface area (Å²) in [4.78, 5) is 38.1. The minimum absolute atomic E-state index is 0.0735. The first-order chi connectivity index (χ1) is 34.5. The summed E-state index contributed by atoms with van der Waals surface area (Å²) in [5.41, 5.74) is 0. The molecule has 0 heterocycles. The number of esters is 3. The molecule has 0 spiro atoms. The van der Waals surface area contributed by atoms with Crippen molar-refractivity contribution in [2.75, 3.05) is 13.2 Å². The van der Waals surface area contributed by atoms with Crippen LogP contribution in [0.4, 0.5) is 0 Å². The van der Waals surface area contributed by atoms with Crippen LogP contribution >= 0.6 is 0 Å². The molecule has 0 rings (SSSR count). The van der Waals surface area contributed by atoms with E-state index < -0.39 is 6.10 Å². The summed E-state index contributed by atoms with van der Waals surface area (Å²) in [6, 6.07) is 0. The van der Waals surface area contributed by atoms with E-state index in [2.05, 4.69) is 69.4 Å². The van der Waals surface area contributed by atoms with Crippen LogP contribution < -0.4 is 0 Å². The summed E-state index contributed by atoms with van der Waals surface area (Å²) in [6.45, 7) is 6.62. The average Bonchev–Trinajstić information content (AvgIpc) is 3.36. The third-order valence-corrected chi connectivity index (χ3v) is 13.6. The van der Waals surface area contributed by atoms with Crippen LogP contribution in [0.15, 0.2) is 48.6 Å². The zero-order chi connectivity index (χ0) is 50.7. The number of ether oxygens (including phenoxy) is 3. The summed E-state index contributed by atoms with van der Waals surface area (Å²) < 4.78 is 16.9. The second kappa shape index (κ2) is 58.9. The van der Waals surface area contributed by atoms with Gasteiger partial charge in [0.15, 0.2) is 6.10 Å². The Morgan fingerprint density at radius 1 is 0.286 bits per heavy atom. The van der Waals surface area contributed by atoms with E-state index in [1.165, 1.54) is 205 Å². The zero-order valence-corrected chi connectivity index (χ0v) is 46.8. The van der Waals surface area contributed by atoms with Gasteiger partial charge in [-0.25, -0.2) is 0 Å². The van der Waals surface area contributed by atoms with Gasteiger partial charge in [-0.15, -0.1) is 0 Å². The minimum Gasteiger partial charge on any atom is -0.462 e. The van der Waals surface area contributed by atoms with Crippen LogP contribution in [-0.4, -0.2) is 37.2 Å². The van der Waals surface area contributed by atoms with Gasteiger partial charge in [0.2, 0.25) is 0 Å². The molecule has 0 aromatic rings. The Morgan fingerprint density at radius 3 is 0.800 bits per heavy atom. The van der Waals surface area contributed by atoms with Gasteiger partial charge < -0.3 is 14.2 Å². The smallest absolute Gasteiger partial charge is 0.306 e. The van der Waals surface area contributed by atoms with Crippen LogP contribution in [0.2, 0.25) is 0 Å². The lowest BCUT2D eigenvalue weighted by Crippen LogP contribution is -2.30. The van der Waals surface area contributed by atoms with E-state index in [1.807, 2.05) is 0 Å². The third kappa shape index (κ3) is 56.3. The van der Waals surface area contributed by atoms with Crippen molar-refractivity contribution in [3.8, 4) is 0 Å². The van der Waals surface area contributed by atoms with Crippen molar-refractivity contribution in [1.29, 1.82) is 0 Å². The molecule has 408 valence electrons. The van der Waals surface area contributed by atoms with E-state index >= 15 is 0 Å². The molecule has 0 bridgehead atoms. The second-order valence-electron chi connectivity index (χ2n) is 20.6. The molecular formula is C64H116O6. The van der Waals surface area contributed by atoms with E-state index in [1.54, 1.807) is 0 Å². The van der Waals surface area contributed by atoms with Crippen molar-refractivity contribution < 1.29 is 28.6 Å². The number of allylic oxidation sites excluding steroid dienone is 8. The Morgan fingerprint density at radius 2 is 0.514 bits per heavy atom. The van der Waals surface area contributed by atoms with Crippen molar-refractivity contribution in [3.05, 3.63) is 48.6 Å². The van der Waals surface area contributed by atoms with Crippen molar-refractivity contribution >= 4 is 17.9 Å². The molecule has 0 radical (unpaired) electrons. The number of carbonyl (C=O) groups is 3. The molecule has 6 heteroatoms. The first-order valence-corrected chi connectivity index (χ1v) is 30.6. The Kier molecular flexibility index (Phi) is 56.7. The van der Waals surface area contributed by atoms with Gasteiger partial charge in [0.05, 0.1) is 0 Å². The van der Waals surface area contributed by atoms with Crippen LogP contribution in [0.25, 0.3) is 0 Å². The molecule has 1 unspecified atom stereocenters. The number of unbranched alkanes of at least 4 members (excludes halogenated alkanes) is 37. The molecule has 0 N–H and O–H groups in total. The molecule has 0 amide bonds. The Labute approximate surface area is 435 Å². The van der Waals surface area contributed by atoms with Crippen molar-refractivity contribution in [2.45, 2.75) is 329 Å². The van der Waals surface area contributed by atoms with Crippen molar-refractivity contribution in [1.82, 2.24) is 0 Å². The molecule has 70 heavy (non-hydrogen) atoms. The van der Waals surface area contributed by atoms with Crippen molar-refractivity contribution in [2.24, 2.45) is 0 Å². The highest BCUT2D eigenvalue weighted by Crippen LogP contribution is 2.16. The number of rotatable bonds is 56. The van der Waals surface area contributed by atoms with Crippen LogP contribution in [-0.2, 0) is 28.6 Å². The van der Waals surface area contributed by atoms with Gasteiger partial charge in [0.25, 0.3) is 0 Å². The Balaban J connectivity index is 4.20. The number of hydrogen-bond donors (Lipinski definition) is 0. The summed E-state index contributed by atoms with van der Waals surface area (Å²) in [6.07, 6.45) is 72.6. The first-order valence-electron chi connectivity index (χ1n) is 30.6. The molecule has 0 fully saturated rings. The van der Waals surface area contributed by atoms with E-state index in [4.69, 9.17) is 14.2 Å². The molecule has 1 atom stereocenters. The van der Waals surface area contributed by atoms with Crippen molar-refractivity contribution in [3.63, 3.8) is 0 Å². The normalized spacial score (nSPS) is 12.3. The minimum atomic E-state index is -0.774. The third-order valence-electron chi connectivity index (χ3n) is 13.6. The fourth-order valence-electron chi connectivity index (χ4n) is 8.92. The molecule has 0 aliphatic heterocycles. The molecule has 0 saturated heterocycles. The van der Waals surface area contributed by atoms with Gasteiger partial charge in [-0.2, -0.15) is 0 Å². The molecule has 0 aromatic carbocycles. The second-order valence-corrected chi connectivity index (χ2v) is 20.6. The van der Waals surface area contributed by atoms with Gasteiger partial charge in [0.1, 0.15) is 13.2 Å². The SMILES string of the molecule is CCCCCC/C=C\C/C=C\CCCCCCCCCC(=O)OC(COC(=O)CCCCCCCCCCC)COC(=O)CCCCCCCCCCCCCCC/C=C\C/C=C\CCCCCCC. The van der Waals surface area contributed by atoms with Crippen LogP contribution in [0, 0.1) is 0 Å². The first kappa shape index (κ1) is 67.4. The molecule has 0 aromatic heterocycles. The highest BCUT2D eigenvalue weighted by atomic mass is 16.6. The fraction of sp³-hybridized carbons (Fsp3) is 0.828. The summed E-state index contributed by atoms with van der Waals surface area (Å²) in [5.74, 6) is -0.869. The molecular weight excluding hydrogens is 865 g/mol. The number of hydrogen-bond acceptors (Lipinski definition) is 6. The van der Waals surface area contributed by atoms with Gasteiger partial charge in [-0.1, -0.05) is 268 Å². The topological polar surface area (TPSA) is 78.9 Å². The Bertz CT molecular complexity index is 1220. The summed E-state index contributed by atoms with van der Waals surface area (Å²) in [7, 11) is 0. The lowest BCUT2D eigenvalue weighted by molar-refractivity contribution is -0.167. The molecule has 0 aliphatic rings. The van der Waals surface area contributed by atoms with E-state index in [-0.39, 0.29) is 31.1 Å². The van der Waals surface area contributed by atoms with Gasteiger partial charge in [0, 0.05) is 19.3 Å². The van der Waals surface area contributed by atoms with Gasteiger partial charge in [-0.05, 0) is 83.5 Å². The standard InChI is InChI=1S/C64H116O6/c1-4-7-10-13-16-19-21-23-25-27-29-30-31-32-33-34-35-37-38-40-42-45-48-51-54-57-63(66)69-60-61(59-68-62(65)56-53-50-47-44-18-15-12-9-6-3)70-64(67)58-55-52-49-46-43-41-39-36-28-26-24-22-20-17-14-11-8-5-2/h20-23,26-29,61H,4-19,24-25,30-60H2,1-3H3/b22-20-,23-21-,28-26-,29-27-. The Hall–Kier alpha value is -2.63. The highest BCUT2D eigenvalue weighted by molar-refractivity contribution is 5.71.